The Morgan fingerprint density at radius 3 is 2.95 bits per heavy atom. The Balaban J connectivity index is 1.89. The average molecular weight is 324 g/mol. The van der Waals surface area contributed by atoms with Gasteiger partial charge in [-0.2, -0.15) is 0 Å². The molecule has 0 unspecified atom stereocenters. The van der Waals surface area contributed by atoms with Crippen LogP contribution in [-0.4, -0.2) is 22.8 Å². The van der Waals surface area contributed by atoms with Crippen LogP contribution in [0.1, 0.15) is 31.9 Å². The number of aromatic nitrogens is 1. The van der Waals surface area contributed by atoms with Crippen LogP contribution in [0.4, 0.5) is 0 Å². The van der Waals surface area contributed by atoms with E-state index in [9.17, 15) is 9.90 Å². The van der Waals surface area contributed by atoms with Gasteiger partial charge >= 0.3 is 5.97 Å². The summed E-state index contributed by atoms with van der Waals surface area (Å²) in [6, 6.07) is 6.52. The van der Waals surface area contributed by atoms with E-state index in [1.54, 1.807) is 25.1 Å². The third-order valence-electron chi connectivity index (χ3n) is 3.15. The highest BCUT2D eigenvalue weighted by Gasteiger charge is 2.12. The fraction of sp³-hybridized carbons (Fsp3) is 0.375. The van der Waals surface area contributed by atoms with Crippen molar-refractivity contribution in [2.75, 3.05) is 6.61 Å². The monoisotopic (exact) mass is 323 g/mol. The van der Waals surface area contributed by atoms with Crippen molar-refractivity contribution in [1.29, 1.82) is 0 Å². The molecule has 0 saturated carbocycles. The van der Waals surface area contributed by atoms with Crippen LogP contribution in [0.5, 0.6) is 5.75 Å². The summed E-state index contributed by atoms with van der Waals surface area (Å²) in [6.07, 6.45) is 2.66. The van der Waals surface area contributed by atoms with Gasteiger partial charge in [-0.05, 0) is 44.4 Å². The van der Waals surface area contributed by atoms with Crippen LogP contribution in [0, 0.1) is 0 Å². The molecule has 0 aliphatic carbocycles. The first kappa shape index (κ1) is 16.4. The predicted molar refractivity (Wildman–Crippen MR) is 82.8 cm³/mol. The first-order valence-corrected chi connectivity index (χ1v) is 7.58. The van der Waals surface area contributed by atoms with E-state index in [1.807, 2.05) is 0 Å². The number of phenols is 1. The number of ether oxygens (including phenoxy) is 1. The fourth-order valence-electron chi connectivity index (χ4n) is 2.07. The Morgan fingerprint density at radius 1 is 1.36 bits per heavy atom. The van der Waals surface area contributed by atoms with Gasteiger partial charge in [0.25, 0.3) is 0 Å². The van der Waals surface area contributed by atoms with E-state index in [0.717, 1.165) is 18.5 Å². The maximum atomic E-state index is 11.2. The van der Waals surface area contributed by atoms with Gasteiger partial charge in [0, 0.05) is 17.5 Å². The quantitative estimate of drug-likeness (QED) is 0.616. The van der Waals surface area contributed by atoms with Crippen LogP contribution in [0.3, 0.4) is 0 Å². The van der Waals surface area contributed by atoms with Crippen LogP contribution in [0.25, 0.3) is 11.3 Å². The molecule has 2 rings (SSSR count). The van der Waals surface area contributed by atoms with E-state index in [2.05, 4.69) is 5.16 Å². The van der Waals surface area contributed by atoms with Gasteiger partial charge in [0.1, 0.15) is 5.75 Å². The van der Waals surface area contributed by atoms with Crippen molar-refractivity contribution in [3.05, 3.63) is 35.0 Å². The van der Waals surface area contributed by atoms with Gasteiger partial charge in [-0.15, -0.1) is 0 Å². The van der Waals surface area contributed by atoms with E-state index >= 15 is 0 Å². The minimum absolute atomic E-state index is 0.0920. The Hall–Kier alpha value is -2.01. The molecule has 0 aliphatic heterocycles. The van der Waals surface area contributed by atoms with Crippen LogP contribution in [-0.2, 0) is 16.0 Å². The highest BCUT2D eigenvalue weighted by Crippen LogP contribution is 2.32. The summed E-state index contributed by atoms with van der Waals surface area (Å²) < 4.78 is 10.1. The molecule has 118 valence electrons. The Morgan fingerprint density at radius 2 is 2.18 bits per heavy atom. The second-order valence-electron chi connectivity index (χ2n) is 4.86. The summed E-state index contributed by atoms with van der Waals surface area (Å²) in [5.74, 6) is 0.391. The minimum Gasteiger partial charge on any atom is -0.507 e. The molecular formula is C16H18ClNO4. The van der Waals surface area contributed by atoms with Crippen molar-refractivity contribution >= 4 is 17.6 Å². The summed E-state index contributed by atoms with van der Waals surface area (Å²) in [5, 5.41) is 14.3. The summed E-state index contributed by atoms with van der Waals surface area (Å²) in [6.45, 7) is 2.20. The highest BCUT2D eigenvalue weighted by molar-refractivity contribution is 6.30. The van der Waals surface area contributed by atoms with E-state index < -0.39 is 0 Å². The van der Waals surface area contributed by atoms with Gasteiger partial charge in [-0.25, -0.2) is 0 Å². The molecule has 22 heavy (non-hydrogen) atoms. The van der Waals surface area contributed by atoms with Gasteiger partial charge < -0.3 is 14.4 Å². The number of aryl methyl sites for hydroxylation is 1. The largest absolute Gasteiger partial charge is 0.507 e. The highest BCUT2D eigenvalue weighted by atomic mass is 35.5. The zero-order valence-corrected chi connectivity index (χ0v) is 13.1. The minimum atomic E-state index is -0.174. The Kier molecular flexibility index (Phi) is 5.83. The molecule has 1 N–H and O–H groups in total. The normalized spacial score (nSPS) is 10.6. The smallest absolute Gasteiger partial charge is 0.305 e. The molecule has 0 bridgehead atoms. The van der Waals surface area contributed by atoms with E-state index in [0.29, 0.717) is 35.8 Å². The molecule has 0 atom stereocenters. The Bertz CT molecular complexity index is 639. The summed E-state index contributed by atoms with van der Waals surface area (Å²) in [5.41, 5.74) is 1.29. The molecule has 0 amide bonds. The molecule has 0 aliphatic rings. The van der Waals surface area contributed by atoms with Crippen LogP contribution in [0.2, 0.25) is 5.02 Å². The number of phenolic OH excluding ortho intramolecular Hbond substituents is 1. The molecule has 1 aromatic heterocycles. The van der Waals surface area contributed by atoms with Gasteiger partial charge in [-0.3, -0.25) is 4.79 Å². The molecule has 1 heterocycles. The number of hydrogen-bond acceptors (Lipinski definition) is 5. The van der Waals surface area contributed by atoms with Crippen LogP contribution in [0.15, 0.2) is 28.8 Å². The second kappa shape index (κ2) is 7.84. The molecule has 0 spiro atoms. The number of esters is 1. The first-order valence-electron chi connectivity index (χ1n) is 7.20. The third kappa shape index (κ3) is 4.49. The second-order valence-corrected chi connectivity index (χ2v) is 5.29. The maximum absolute atomic E-state index is 11.2. The van der Waals surface area contributed by atoms with Gasteiger partial charge in [0.05, 0.1) is 17.9 Å². The zero-order valence-electron chi connectivity index (χ0n) is 12.3. The molecule has 0 fully saturated rings. The standard InChI is InChI=1S/C16H18ClNO4/c1-2-21-16(20)6-4-3-5-12-10-15(22-18-12)13-9-11(17)7-8-14(13)19/h7-10,19H,2-6H2,1H3. The van der Waals surface area contributed by atoms with Crippen molar-refractivity contribution in [2.24, 2.45) is 0 Å². The lowest BCUT2D eigenvalue weighted by atomic mass is 10.1. The maximum Gasteiger partial charge on any atom is 0.305 e. The molecule has 5 nitrogen and oxygen atoms in total. The lowest BCUT2D eigenvalue weighted by Gasteiger charge is -2.00. The number of nitrogens with zero attached hydrogens (tertiary/aromatic N) is 1. The van der Waals surface area contributed by atoms with Crippen molar-refractivity contribution in [3.63, 3.8) is 0 Å². The number of aromatic hydroxyl groups is 1. The summed E-state index contributed by atoms with van der Waals surface area (Å²) in [4.78, 5) is 11.2. The number of hydrogen-bond donors (Lipinski definition) is 1. The van der Waals surface area contributed by atoms with Crippen molar-refractivity contribution in [1.82, 2.24) is 5.16 Å². The summed E-state index contributed by atoms with van der Waals surface area (Å²) >= 11 is 5.91. The number of rotatable bonds is 7. The molecule has 6 heteroatoms. The predicted octanol–water partition coefficient (Wildman–Crippen LogP) is 3.98. The number of unbranched alkanes of at least 4 members (excludes halogenated alkanes) is 1. The number of carbonyl (C=O) groups excluding carboxylic acids is 1. The van der Waals surface area contributed by atoms with Crippen LogP contribution >= 0.6 is 11.6 Å². The van der Waals surface area contributed by atoms with Gasteiger partial charge in [0.15, 0.2) is 5.76 Å². The van der Waals surface area contributed by atoms with Gasteiger partial charge in [-0.1, -0.05) is 16.8 Å². The lowest BCUT2D eigenvalue weighted by molar-refractivity contribution is -0.143. The summed E-state index contributed by atoms with van der Waals surface area (Å²) in [7, 11) is 0. The number of halogens is 1. The van der Waals surface area contributed by atoms with E-state index in [4.69, 9.17) is 20.9 Å². The third-order valence-corrected chi connectivity index (χ3v) is 3.39. The SMILES string of the molecule is CCOC(=O)CCCCc1cc(-c2cc(Cl)ccc2O)on1. The molecule has 2 aromatic rings. The van der Waals surface area contributed by atoms with E-state index in [-0.39, 0.29) is 11.7 Å². The molecular weight excluding hydrogens is 306 g/mol. The zero-order chi connectivity index (χ0) is 15.9. The molecule has 0 radical (unpaired) electrons. The van der Waals surface area contributed by atoms with Crippen molar-refractivity contribution in [2.45, 2.75) is 32.6 Å². The number of carbonyl (C=O) groups is 1. The number of benzene rings is 1. The van der Waals surface area contributed by atoms with E-state index in [1.165, 1.54) is 6.07 Å². The Labute approximate surface area is 133 Å². The molecule has 0 saturated heterocycles. The van der Waals surface area contributed by atoms with Gasteiger partial charge in [0.2, 0.25) is 0 Å². The fourth-order valence-corrected chi connectivity index (χ4v) is 2.24. The lowest BCUT2D eigenvalue weighted by Crippen LogP contribution is -2.03. The van der Waals surface area contributed by atoms with Crippen molar-refractivity contribution < 1.29 is 19.2 Å². The van der Waals surface area contributed by atoms with Crippen molar-refractivity contribution in [3.8, 4) is 17.1 Å². The average Bonchev–Trinajstić information content (AvgIpc) is 2.95. The van der Waals surface area contributed by atoms with Crippen LogP contribution < -0.4 is 0 Å². The topological polar surface area (TPSA) is 72.6 Å². The first-order chi connectivity index (χ1) is 10.6. The molecule has 1 aromatic carbocycles.